The van der Waals surface area contributed by atoms with Crippen LogP contribution in [-0.2, 0) is 6.42 Å². The predicted octanol–water partition coefficient (Wildman–Crippen LogP) is 2.88. The van der Waals surface area contributed by atoms with E-state index in [1.54, 1.807) is 36.4 Å². The number of aromatic carboxylic acids is 1. The Bertz CT molecular complexity index is 547. The van der Waals surface area contributed by atoms with E-state index in [-0.39, 0.29) is 11.3 Å². The highest BCUT2D eigenvalue weighted by Crippen LogP contribution is 2.15. The van der Waals surface area contributed by atoms with E-state index in [4.69, 9.17) is 5.11 Å². The normalized spacial score (nSPS) is 10.1. The number of non-ortho nitro benzene ring substituents is 1. The van der Waals surface area contributed by atoms with Gasteiger partial charge in [0.2, 0.25) is 0 Å². The highest BCUT2D eigenvalue weighted by Gasteiger charge is 2.05. The third-order valence-electron chi connectivity index (χ3n) is 2.76. The number of nitrogens with zero attached hydrogens (tertiary/aromatic N) is 1. The fourth-order valence-electron chi connectivity index (χ4n) is 1.74. The van der Waals surface area contributed by atoms with Crippen LogP contribution >= 0.6 is 0 Å². The second-order valence-corrected chi connectivity index (χ2v) is 4.10. The summed E-state index contributed by atoms with van der Waals surface area (Å²) >= 11 is 0. The number of carboxylic acid groups (broad SMARTS) is 1. The molecule has 2 aromatic carbocycles. The minimum absolute atomic E-state index is 0.0602. The molecule has 0 bridgehead atoms. The van der Waals surface area contributed by atoms with Crippen LogP contribution in [0.15, 0.2) is 48.5 Å². The number of nitro groups is 1. The van der Waals surface area contributed by atoms with Crippen LogP contribution in [0.3, 0.4) is 0 Å². The van der Waals surface area contributed by atoms with Crippen molar-refractivity contribution in [2.75, 3.05) is 0 Å². The maximum absolute atomic E-state index is 10.7. The summed E-state index contributed by atoms with van der Waals surface area (Å²) < 4.78 is 0. The van der Waals surface area contributed by atoms with E-state index >= 15 is 0 Å². The molecule has 0 amide bonds. The largest absolute Gasteiger partial charge is 0.478 e. The van der Waals surface area contributed by atoms with Gasteiger partial charge in [-0.1, -0.05) is 24.3 Å². The summed E-state index contributed by atoms with van der Waals surface area (Å²) in [4.78, 5) is 20.8. The highest BCUT2D eigenvalue weighted by atomic mass is 16.6. The Morgan fingerprint density at radius 3 is 1.89 bits per heavy atom. The van der Waals surface area contributed by atoms with Crippen LogP contribution in [0.5, 0.6) is 0 Å². The van der Waals surface area contributed by atoms with Gasteiger partial charge in [-0.2, -0.15) is 0 Å². The molecule has 2 rings (SSSR count). The summed E-state index contributed by atoms with van der Waals surface area (Å²) in [7, 11) is 0. The molecular weight excluding hydrogens is 246 g/mol. The lowest BCUT2D eigenvalue weighted by molar-refractivity contribution is -0.384. The molecule has 0 atom stereocenters. The molecule has 1 N–H and O–H groups in total. The first kappa shape index (κ1) is 12.8. The SMILES string of the molecule is O=C(O)c1ccc(Cc2ccc([N+](=O)[O-])cc2)cc1. The second-order valence-electron chi connectivity index (χ2n) is 4.10. The van der Waals surface area contributed by atoms with Crippen LogP contribution in [0.4, 0.5) is 5.69 Å². The van der Waals surface area contributed by atoms with Gasteiger partial charge in [0.25, 0.3) is 5.69 Å². The van der Waals surface area contributed by atoms with Gasteiger partial charge in [0, 0.05) is 12.1 Å². The molecule has 0 aliphatic carbocycles. The fourth-order valence-corrected chi connectivity index (χ4v) is 1.74. The molecule has 0 saturated heterocycles. The van der Waals surface area contributed by atoms with Gasteiger partial charge in [0.05, 0.1) is 10.5 Å². The molecule has 0 spiro atoms. The van der Waals surface area contributed by atoms with Crippen molar-refractivity contribution in [3.63, 3.8) is 0 Å². The molecule has 0 saturated carbocycles. The highest BCUT2D eigenvalue weighted by molar-refractivity contribution is 5.87. The zero-order valence-corrected chi connectivity index (χ0v) is 9.95. The van der Waals surface area contributed by atoms with E-state index in [2.05, 4.69) is 0 Å². The van der Waals surface area contributed by atoms with Crippen LogP contribution in [0.25, 0.3) is 0 Å². The average Bonchev–Trinajstić information content (AvgIpc) is 2.40. The monoisotopic (exact) mass is 257 g/mol. The molecule has 0 aliphatic heterocycles. The van der Waals surface area contributed by atoms with Gasteiger partial charge >= 0.3 is 5.97 Å². The minimum atomic E-state index is -0.957. The van der Waals surface area contributed by atoms with Crippen molar-refractivity contribution >= 4 is 11.7 Å². The lowest BCUT2D eigenvalue weighted by atomic mass is 10.0. The molecule has 0 aliphatic rings. The van der Waals surface area contributed by atoms with Crippen molar-refractivity contribution < 1.29 is 14.8 Å². The number of carboxylic acids is 1. The zero-order valence-electron chi connectivity index (χ0n) is 9.95. The van der Waals surface area contributed by atoms with E-state index in [0.29, 0.717) is 6.42 Å². The van der Waals surface area contributed by atoms with E-state index in [1.165, 1.54) is 12.1 Å². The summed E-state index contributed by atoms with van der Waals surface area (Å²) in [5, 5.41) is 19.3. The zero-order chi connectivity index (χ0) is 13.8. The van der Waals surface area contributed by atoms with Crippen molar-refractivity contribution in [2.45, 2.75) is 6.42 Å². The van der Waals surface area contributed by atoms with E-state index in [9.17, 15) is 14.9 Å². The number of hydrogen-bond donors (Lipinski definition) is 1. The summed E-state index contributed by atoms with van der Waals surface area (Å²) in [6.45, 7) is 0. The number of hydrogen-bond acceptors (Lipinski definition) is 3. The lowest BCUT2D eigenvalue weighted by Gasteiger charge is -2.02. The van der Waals surface area contributed by atoms with Crippen LogP contribution in [0.1, 0.15) is 21.5 Å². The van der Waals surface area contributed by atoms with Crippen molar-refractivity contribution in [1.29, 1.82) is 0 Å². The van der Waals surface area contributed by atoms with Crippen LogP contribution in [-0.4, -0.2) is 16.0 Å². The van der Waals surface area contributed by atoms with Crippen LogP contribution < -0.4 is 0 Å². The fraction of sp³-hybridized carbons (Fsp3) is 0.0714. The molecule has 5 heteroatoms. The molecule has 96 valence electrons. The van der Waals surface area contributed by atoms with Gasteiger partial charge < -0.3 is 5.11 Å². The molecule has 0 unspecified atom stereocenters. The third-order valence-corrected chi connectivity index (χ3v) is 2.76. The lowest BCUT2D eigenvalue weighted by Crippen LogP contribution is -1.96. The third kappa shape index (κ3) is 3.16. The standard InChI is InChI=1S/C14H11NO4/c16-14(17)12-5-1-10(2-6-12)9-11-3-7-13(8-4-11)15(18)19/h1-8H,9H2,(H,16,17). The molecule has 2 aromatic rings. The molecule has 0 heterocycles. The predicted molar refractivity (Wildman–Crippen MR) is 69.3 cm³/mol. The Kier molecular flexibility index (Phi) is 3.56. The smallest absolute Gasteiger partial charge is 0.335 e. The first-order valence-electron chi connectivity index (χ1n) is 5.62. The maximum atomic E-state index is 10.7. The summed E-state index contributed by atoms with van der Waals surface area (Å²) in [5.74, 6) is -0.957. The van der Waals surface area contributed by atoms with Crippen molar-refractivity contribution in [3.8, 4) is 0 Å². The Morgan fingerprint density at radius 1 is 1.00 bits per heavy atom. The quantitative estimate of drug-likeness (QED) is 0.674. The van der Waals surface area contributed by atoms with Gasteiger partial charge in [0.1, 0.15) is 0 Å². The summed E-state index contributed by atoms with van der Waals surface area (Å²) in [6.07, 6.45) is 0.609. The summed E-state index contributed by atoms with van der Waals surface area (Å²) in [6, 6.07) is 12.9. The first-order chi connectivity index (χ1) is 9.06. The second kappa shape index (κ2) is 5.30. The molecule has 0 radical (unpaired) electrons. The van der Waals surface area contributed by atoms with Gasteiger partial charge in [-0.3, -0.25) is 10.1 Å². The minimum Gasteiger partial charge on any atom is -0.478 e. The maximum Gasteiger partial charge on any atom is 0.335 e. The van der Waals surface area contributed by atoms with E-state index < -0.39 is 10.9 Å². The van der Waals surface area contributed by atoms with Gasteiger partial charge in [-0.05, 0) is 29.7 Å². The van der Waals surface area contributed by atoms with Crippen molar-refractivity contribution in [2.24, 2.45) is 0 Å². The Balaban J connectivity index is 2.12. The first-order valence-corrected chi connectivity index (χ1v) is 5.62. The van der Waals surface area contributed by atoms with Crippen molar-refractivity contribution in [3.05, 3.63) is 75.3 Å². The topological polar surface area (TPSA) is 80.4 Å². The molecule has 19 heavy (non-hydrogen) atoms. The van der Waals surface area contributed by atoms with Gasteiger partial charge in [-0.15, -0.1) is 0 Å². The molecule has 5 nitrogen and oxygen atoms in total. The van der Waals surface area contributed by atoms with E-state index in [1.807, 2.05) is 0 Å². The van der Waals surface area contributed by atoms with Gasteiger partial charge in [-0.25, -0.2) is 4.79 Å². The molecule has 0 aromatic heterocycles. The number of rotatable bonds is 4. The average molecular weight is 257 g/mol. The number of benzene rings is 2. The number of nitro benzene ring substituents is 1. The van der Waals surface area contributed by atoms with Crippen molar-refractivity contribution in [1.82, 2.24) is 0 Å². The van der Waals surface area contributed by atoms with E-state index in [0.717, 1.165) is 11.1 Å². The van der Waals surface area contributed by atoms with Crippen LogP contribution in [0.2, 0.25) is 0 Å². The number of carbonyl (C=O) groups is 1. The Labute approximate surface area is 109 Å². The van der Waals surface area contributed by atoms with Crippen LogP contribution in [0, 0.1) is 10.1 Å². The van der Waals surface area contributed by atoms with Gasteiger partial charge in [0.15, 0.2) is 0 Å². The Hall–Kier alpha value is -2.69. The molecule has 0 fully saturated rings. The summed E-state index contributed by atoms with van der Waals surface area (Å²) in [5.41, 5.74) is 2.20. The Morgan fingerprint density at radius 2 is 1.47 bits per heavy atom. The molecular formula is C14H11NO4.